The number of amides is 1. The van der Waals surface area contributed by atoms with Crippen molar-refractivity contribution in [3.63, 3.8) is 0 Å². The zero-order valence-electron chi connectivity index (χ0n) is 8.84. The summed E-state index contributed by atoms with van der Waals surface area (Å²) in [6.45, 7) is 2.60. The fourth-order valence-corrected chi connectivity index (χ4v) is 1.60. The Kier molecular flexibility index (Phi) is 2.85. The van der Waals surface area contributed by atoms with Crippen LogP contribution in [0.4, 0.5) is 8.78 Å². The molecule has 1 aliphatic rings. The lowest BCUT2D eigenvalue weighted by Gasteiger charge is -2.05. The molecular weight excluding hydrogens is 214 g/mol. The number of hydrogen-bond donors (Lipinski definition) is 1. The van der Waals surface area contributed by atoms with Crippen molar-refractivity contribution in [3.8, 4) is 0 Å². The van der Waals surface area contributed by atoms with Gasteiger partial charge in [-0.15, -0.1) is 0 Å². The SMILES string of the molecule is CC1CC1CNC(=O)c1ccnc(F)c1F. The van der Waals surface area contributed by atoms with E-state index in [9.17, 15) is 13.6 Å². The summed E-state index contributed by atoms with van der Waals surface area (Å²) >= 11 is 0. The summed E-state index contributed by atoms with van der Waals surface area (Å²) in [5.41, 5.74) is -0.291. The molecule has 2 atom stereocenters. The standard InChI is InChI=1S/C11H12F2N2O/c1-6-4-7(6)5-15-11(16)8-2-3-14-10(13)9(8)12/h2-3,6-7H,4-5H2,1H3,(H,15,16). The average Bonchev–Trinajstić information content (AvgIpc) is 2.95. The molecule has 1 heterocycles. The van der Waals surface area contributed by atoms with Gasteiger partial charge in [0.1, 0.15) is 0 Å². The van der Waals surface area contributed by atoms with Crippen LogP contribution in [-0.2, 0) is 0 Å². The summed E-state index contributed by atoms with van der Waals surface area (Å²) < 4.78 is 25.9. The lowest BCUT2D eigenvalue weighted by atomic mass is 10.2. The van der Waals surface area contributed by atoms with Gasteiger partial charge in [0, 0.05) is 12.7 Å². The molecule has 0 saturated heterocycles. The Labute approximate surface area is 91.9 Å². The summed E-state index contributed by atoms with van der Waals surface area (Å²) in [6.07, 6.45) is 2.15. The van der Waals surface area contributed by atoms with Gasteiger partial charge in [-0.25, -0.2) is 9.37 Å². The van der Waals surface area contributed by atoms with E-state index >= 15 is 0 Å². The molecule has 1 fully saturated rings. The van der Waals surface area contributed by atoms with Crippen molar-refractivity contribution in [2.75, 3.05) is 6.54 Å². The molecule has 0 radical (unpaired) electrons. The molecule has 5 heteroatoms. The van der Waals surface area contributed by atoms with Crippen LogP contribution in [-0.4, -0.2) is 17.4 Å². The lowest BCUT2D eigenvalue weighted by Crippen LogP contribution is -2.27. The van der Waals surface area contributed by atoms with Gasteiger partial charge < -0.3 is 5.32 Å². The number of aromatic nitrogens is 1. The summed E-state index contributed by atoms with van der Waals surface area (Å²) in [4.78, 5) is 14.6. The highest BCUT2D eigenvalue weighted by molar-refractivity contribution is 5.94. The van der Waals surface area contributed by atoms with Crippen LogP contribution < -0.4 is 5.32 Å². The molecule has 1 aromatic rings. The second-order valence-electron chi connectivity index (χ2n) is 4.15. The quantitative estimate of drug-likeness (QED) is 0.798. The summed E-state index contributed by atoms with van der Waals surface area (Å²) in [6, 6.07) is 1.17. The van der Waals surface area contributed by atoms with Gasteiger partial charge in [0.15, 0.2) is 5.82 Å². The smallest absolute Gasteiger partial charge is 0.254 e. The van der Waals surface area contributed by atoms with Crippen LogP contribution in [0.3, 0.4) is 0 Å². The topological polar surface area (TPSA) is 42.0 Å². The van der Waals surface area contributed by atoms with Crippen LogP contribution in [0.25, 0.3) is 0 Å². The van der Waals surface area contributed by atoms with E-state index in [0.717, 1.165) is 12.6 Å². The summed E-state index contributed by atoms with van der Waals surface area (Å²) in [5.74, 6) is -1.94. The molecule has 86 valence electrons. The number of nitrogens with one attached hydrogen (secondary N) is 1. The first-order valence-corrected chi connectivity index (χ1v) is 5.17. The fourth-order valence-electron chi connectivity index (χ4n) is 1.60. The van der Waals surface area contributed by atoms with Crippen molar-refractivity contribution in [1.29, 1.82) is 0 Å². The minimum Gasteiger partial charge on any atom is -0.352 e. The number of halogens is 2. The van der Waals surface area contributed by atoms with Gasteiger partial charge in [-0.3, -0.25) is 4.79 Å². The van der Waals surface area contributed by atoms with Gasteiger partial charge >= 0.3 is 0 Å². The van der Waals surface area contributed by atoms with Crippen molar-refractivity contribution >= 4 is 5.91 Å². The number of carbonyl (C=O) groups excluding carboxylic acids is 1. The maximum atomic E-state index is 13.2. The Hall–Kier alpha value is -1.52. The molecule has 0 spiro atoms. The molecule has 1 saturated carbocycles. The van der Waals surface area contributed by atoms with Gasteiger partial charge in [-0.1, -0.05) is 6.92 Å². The van der Waals surface area contributed by atoms with Gasteiger partial charge in [-0.05, 0) is 24.3 Å². The Morgan fingerprint density at radius 1 is 1.62 bits per heavy atom. The number of rotatable bonds is 3. The zero-order valence-corrected chi connectivity index (χ0v) is 8.84. The Balaban J connectivity index is 2.00. The fraction of sp³-hybridized carbons (Fsp3) is 0.455. The largest absolute Gasteiger partial charge is 0.352 e. The minimum atomic E-state index is -1.24. The number of carbonyl (C=O) groups is 1. The molecular formula is C11H12F2N2O. The van der Waals surface area contributed by atoms with E-state index in [2.05, 4.69) is 17.2 Å². The molecule has 1 aromatic heterocycles. The van der Waals surface area contributed by atoms with Gasteiger partial charge in [0.05, 0.1) is 5.56 Å². The first kappa shape index (κ1) is 11.0. The van der Waals surface area contributed by atoms with E-state index in [1.165, 1.54) is 6.07 Å². The summed E-state index contributed by atoms with van der Waals surface area (Å²) in [7, 11) is 0. The third kappa shape index (κ3) is 2.18. The van der Waals surface area contributed by atoms with E-state index in [0.29, 0.717) is 18.4 Å². The number of pyridine rings is 1. The van der Waals surface area contributed by atoms with Gasteiger partial charge in [0.25, 0.3) is 5.91 Å². The summed E-state index contributed by atoms with van der Waals surface area (Å²) in [5, 5.41) is 2.59. The van der Waals surface area contributed by atoms with Gasteiger partial charge in [-0.2, -0.15) is 4.39 Å². The second kappa shape index (κ2) is 4.15. The maximum absolute atomic E-state index is 13.2. The predicted molar refractivity (Wildman–Crippen MR) is 53.8 cm³/mol. The minimum absolute atomic E-state index is 0.291. The van der Waals surface area contributed by atoms with E-state index in [4.69, 9.17) is 0 Å². The highest BCUT2D eigenvalue weighted by Crippen LogP contribution is 2.36. The number of hydrogen-bond acceptors (Lipinski definition) is 2. The van der Waals surface area contributed by atoms with Crippen LogP contribution in [0.5, 0.6) is 0 Å². The first-order valence-electron chi connectivity index (χ1n) is 5.17. The van der Waals surface area contributed by atoms with Crippen LogP contribution in [0.1, 0.15) is 23.7 Å². The van der Waals surface area contributed by atoms with Crippen LogP contribution in [0, 0.1) is 23.6 Å². The molecule has 0 bridgehead atoms. The third-order valence-electron chi connectivity index (χ3n) is 2.89. The number of nitrogens with zero attached hydrogens (tertiary/aromatic N) is 1. The van der Waals surface area contributed by atoms with Crippen molar-refractivity contribution in [1.82, 2.24) is 10.3 Å². The van der Waals surface area contributed by atoms with Crippen LogP contribution >= 0.6 is 0 Å². The molecule has 1 aliphatic carbocycles. The molecule has 1 amide bonds. The third-order valence-corrected chi connectivity index (χ3v) is 2.89. The lowest BCUT2D eigenvalue weighted by molar-refractivity contribution is 0.0946. The molecule has 0 aliphatic heterocycles. The van der Waals surface area contributed by atoms with Gasteiger partial charge in [0.2, 0.25) is 5.95 Å². The molecule has 16 heavy (non-hydrogen) atoms. The monoisotopic (exact) mass is 226 g/mol. The molecule has 3 nitrogen and oxygen atoms in total. The van der Waals surface area contributed by atoms with E-state index in [-0.39, 0.29) is 5.56 Å². The zero-order chi connectivity index (χ0) is 11.7. The Morgan fingerprint density at radius 2 is 2.31 bits per heavy atom. The highest BCUT2D eigenvalue weighted by Gasteiger charge is 2.32. The molecule has 0 aromatic carbocycles. The van der Waals surface area contributed by atoms with Crippen LogP contribution in [0.2, 0.25) is 0 Å². The Bertz CT molecular complexity index is 422. The van der Waals surface area contributed by atoms with Crippen molar-refractivity contribution in [2.24, 2.45) is 11.8 Å². The predicted octanol–water partition coefficient (Wildman–Crippen LogP) is 1.75. The maximum Gasteiger partial charge on any atom is 0.254 e. The van der Waals surface area contributed by atoms with Crippen molar-refractivity contribution in [2.45, 2.75) is 13.3 Å². The Morgan fingerprint density at radius 3 is 2.94 bits per heavy atom. The molecule has 2 rings (SSSR count). The normalized spacial score (nSPS) is 22.9. The van der Waals surface area contributed by atoms with Crippen LogP contribution in [0.15, 0.2) is 12.3 Å². The average molecular weight is 226 g/mol. The highest BCUT2D eigenvalue weighted by atomic mass is 19.2. The van der Waals surface area contributed by atoms with E-state index < -0.39 is 17.7 Å². The second-order valence-corrected chi connectivity index (χ2v) is 4.15. The van der Waals surface area contributed by atoms with E-state index in [1.807, 2.05) is 0 Å². The van der Waals surface area contributed by atoms with Crippen molar-refractivity contribution < 1.29 is 13.6 Å². The molecule has 2 unspecified atom stereocenters. The molecule has 1 N–H and O–H groups in total. The first-order chi connectivity index (χ1) is 7.59. The van der Waals surface area contributed by atoms with Crippen molar-refractivity contribution in [3.05, 3.63) is 29.6 Å². The van der Waals surface area contributed by atoms with E-state index in [1.54, 1.807) is 0 Å².